The van der Waals surface area contributed by atoms with Crippen LogP contribution >= 0.6 is 0 Å². The summed E-state index contributed by atoms with van der Waals surface area (Å²) in [5.41, 5.74) is 3.84. The summed E-state index contributed by atoms with van der Waals surface area (Å²) in [4.78, 5) is 16.9. The molecule has 1 fully saturated rings. The van der Waals surface area contributed by atoms with Crippen LogP contribution in [0.1, 0.15) is 27.0 Å². The van der Waals surface area contributed by atoms with Crippen molar-refractivity contribution in [2.75, 3.05) is 38.0 Å². The van der Waals surface area contributed by atoms with E-state index in [1.165, 1.54) is 0 Å². The van der Waals surface area contributed by atoms with Crippen molar-refractivity contribution in [3.05, 3.63) is 89.2 Å². The highest BCUT2D eigenvalue weighted by Crippen LogP contribution is 2.19. The van der Waals surface area contributed by atoms with E-state index in [2.05, 4.69) is 33.0 Å². The summed E-state index contributed by atoms with van der Waals surface area (Å²) >= 11 is 0. The van der Waals surface area contributed by atoms with Gasteiger partial charge in [-0.2, -0.15) is 10.5 Å². The number of hydrogen-bond donors (Lipinski definition) is 1. The van der Waals surface area contributed by atoms with Crippen LogP contribution in [-0.4, -0.2) is 53.0 Å². The molecule has 0 spiro atoms. The lowest BCUT2D eigenvalue weighted by atomic mass is 10.1. The first-order chi connectivity index (χ1) is 16.2. The Bertz CT molecular complexity index is 1160. The molecule has 7 heteroatoms. The third-order valence-corrected chi connectivity index (χ3v) is 5.91. The first-order valence-corrected chi connectivity index (χ1v) is 11.1. The van der Waals surface area contributed by atoms with Crippen molar-refractivity contribution in [1.82, 2.24) is 14.4 Å². The van der Waals surface area contributed by atoms with Crippen molar-refractivity contribution in [3.8, 4) is 12.1 Å². The molecular formula is C26H26N6O. The minimum atomic E-state index is -0.00857. The average molecular weight is 439 g/mol. The van der Waals surface area contributed by atoms with Crippen molar-refractivity contribution in [2.24, 2.45) is 0 Å². The molecule has 2 heterocycles. The van der Waals surface area contributed by atoms with Gasteiger partial charge >= 0.3 is 0 Å². The summed E-state index contributed by atoms with van der Waals surface area (Å²) in [6.45, 7) is 5.12. The van der Waals surface area contributed by atoms with Gasteiger partial charge in [0.1, 0.15) is 0 Å². The second kappa shape index (κ2) is 10.5. The molecule has 2 aromatic carbocycles. The van der Waals surface area contributed by atoms with Crippen molar-refractivity contribution in [2.45, 2.75) is 13.1 Å². The molecule has 0 atom stereocenters. The number of carbonyl (C=O) groups is 1. The van der Waals surface area contributed by atoms with Gasteiger partial charge in [0, 0.05) is 69.5 Å². The molecule has 1 aliphatic rings. The van der Waals surface area contributed by atoms with Gasteiger partial charge in [-0.25, -0.2) is 0 Å². The maximum Gasteiger partial charge on any atom is 0.253 e. The zero-order valence-corrected chi connectivity index (χ0v) is 18.4. The summed E-state index contributed by atoms with van der Waals surface area (Å²) < 4.78 is 2.12. The van der Waals surface area contributed by atoms with Crippen LogP contribution < -0.4 is 5.32 Å². The highest BCUT2D eigenvalue weighted by Gasteiger charge is 2.22. The van der Waals surface area contributed by atoms with E-state index in [9.17, 15) is 10.1 Å². The summed E-state index contributed by atoms with van der Waals surface area (Å²) in [7, 11) is 0. The van der Waals surface area contributed by atoms with Crippen LogP contribution in [-0.2, 0) is 13.1 Å². The second-order valence-corrected chi connectivity index (χ2v) is 8.09. The molecule has 7 nitrogen and oxygen atoms in total. The fourth-order valence-corrected chi connectivity index (χ4v) is 4.01. The smallest absolute Gasteiger partial charge is 0.253 e. The number of aromatic nitrogens is 1. The Balaban J connectivity index is 1.32. The minimum absolute atomic E-state index is 0.00857. The van der Waals surface area contributed by atoms with Gasteiger partial charge in [-0.05, 0) is 60.2 Å². The van der Waals surface area contributed by atoms with Gasteiger partial charge in [0.2, 0.25) is 0 Å². The van der Waals surface area contributed by atoms with Crippen molar-refractivity contribution < 1.29 is 4.79 Å². The van der Waals surface area contributed by atoms with Crippen LogP contribution in [0.3, 0.4) is 0 Å². The quantitative estimate of drug-likeness (QED) is 0.612. The van der Waals surface area contributed by atoms with Crippen LogP contribution in [0.15, 0.2) is 67.0 Å². The van der Waals surface area contributed by atoms with E-state index < -0.39 is 0 Å². The first-order valence-electron chi connectivity index (χ1n) is 11.1. The number of benzene rings is 2. The number of nitrogens with zero attached hydrogens (tertiary/aromatic N) is 5. The van der Waals surface area contributed by atoms with E-state index >= 15 is 0 Å². The highest BCUT2D eigenvalue weighted by atomic mass is 16.2. The molecule has 0 bridgehead atoms. The maximum absolute atomic E-state index is 12.8. The maximum atomic E-state index is 12.8. The predicted octanol–water partition coefficient (Wildman–Crippen LogP) is 3.30. The number of piperazine rings is 1. The summed E-state index contributed by atoms with van der Waals surface area (Å²) in [6, 6.07) is 21.0. The average Bonchev–Trinajstić information content (AvgIpc) is 3.38. The highest BCUT2D eigenvalue weighted by molar-refractivity contribution is 5.94. The molecule has 0 aliphatic carbocycles. The number of rotatable bonds is 7. The SMILES string of the molecule is N#Cc1ccc(C(=O)N2CCN(Cc3cc(NCCn4cccc4)ccc3C#N)CC2)cc1. The molecule has 0 unspecified atom stereocenters. The largest absolute Gasteiger partial charge is 0.383 e. The van der Waals surface area contributed by atoms with Crippen LogP contribution in [0.4, 0.5) is 5.69 Å². The van der Waals surface area contributed by atoms with E-state index in [1.807, 2.05) is 41.6 Å². The van der Waals surface area contributed by atoms with Crippen LogP contribution in [0.2, 0.25) is 0 Å². The van der Waals surface area contributed by atoms with Gasteiger partial charge in [0.05, 0.1) is 23.3 Å². The zero-order chi connectivity index (χ0) is 23.0. The summed E-state index contributed by atoms with van der Waals surface area (Å²) in [5.74, 6) is -0.00857. The second-order valence-electron chi connectivity index (χ2n) is 8.09. The molecule has 4 rings (SSSR count). The number of carbonyl (C=O) groups excluding carboxylic acids is 1. The first kappa shape index (κ1) is 22.1. The predicted molar refractivity (Wildman–Crippen MR) is 126 cm³/mol. The molecule has 166 valence electrons. The topological polar surface area (TPSA) is 88.1 Å². The minimum Gasteiger partial charge on any atom is -0.383 e. The van der Waals surface area contributed by atoms with Crippen molar-refractivity contribution in [3.63, 3.8) is 0 Å². The van der Waals surface area contributed by atoms with Gasteiger partial charge in [-0.3, -0.25) is 9.69 Å². The van der Waals surface area contributed by atoms with Crippen LogP contribution in [0.5, 0.6) is 0 Å². The molecule has 1 saturated heterocycles. The molecule has 1 N–H and O–H groups in total. The molecular weight excluding hydrogens is 412 g/mol. The molecule has 1 aliphatic heterocycles. The number of anilines is 1. The monoisotopic (exact) mass is 438 g/mol. The molecule has 3 aromatic rings. The number of amides is 1. The van der Waals surface area contributed by atoms with E-state index in [0.29, 0.717) is 36.3 Å². The number of hydrogen-bond acceptors (Lipinski definition) is 5. The van der Waals surface area contributed by atoms with Crippen LogP contribution in [0.25, 0.3) is 0 Å². The Hall–Kier alpha value is -4.07. The van der Waals surface area contributed by atoms with Gasteiger partial charge in [-0.15, -0.1) is 0 Å². The van der Waals surface area contributed by atoms with Gasteiger partial charge in [0.15, 0.2) is 0 Å². The van der Waals surface area contributed by atoms with Gasteiger partial charge < -0.3 is 14.8 Å². The molecule has 1 aromatic heterocycles. The zero-order valence-electron chi connectivity index (χ0n) is 18.4. The van der Waals surface area contributed by atoms with E-state index in [4.69, 9.17) is 5.26 Å². The Morgan fingerprint density at radius 2 is 1.67 bits per heavy atom. The van der Waals surface area contributed by atoms with E-state index in [1.54, 1.807) is 24.3 Å². The molecule has 33 heavy (non-hydrogen) atoms. The third-order valence-electron chi connectivity index (χ3n) is 5.91. The Kier molecular flexibility index (Phi) is 7.04. The lowest BCUT2D eigenvalue weighted by molar-refractivity contribution is 0.0628. The number of nitriles is 2. The lowest BCUT2D eigenvalue weighted by Crippen LogP contribution is -2.48. The fourth-order valence-electron chi connectivity index (χ4n) is 4.01. The Labute approximate surface area is 194 Å². The Morgan fingerprint density at radius 1 is 0.939 bits per heavy atom. The van der Waals surface area contributed by atoms with Crippen molar-refractivity contribution >= 4 is 11.6 Å². The lowest BCUT2D eigenvalue weighted by Gasteiger charge is -2.35. The van der Waals surface area contributed by atoms with Crippen LogP contribution in [0, 0.1) is 22.7 Å². The normalized spacial score (nSPS) is 13.8. The van der Waals surface area contributed by atoms with Gasteiger partial charge in [-0.1, -0.05) is 0 Å². The van der Waals surface area contributed by atoms with Crippen molar-refractivity contribution in [1.29, 1.82) is 10.5 Å². The summed E-state index contributed by atoms with van der Waals surface area (Å²) in [5, 5.41) is 21.9. The fraction of sp³-hybridized carbons (Fsp3) is 0.269. The van der Waals surface area contributed by atoms with E-state index in [0.717, 1.165) is 37.4 Å². The van der Waals surface area contributed by atoms with E-state index in [-0.39, 0.29) is 5.91 Å². The van der Waals surface area contributed by atoms with Gasteiger partial charge in [0.25, 0.3) is 5.91 Å². The molecule has 0 radical (unpaired) electrons. The third kappa shape index (κ3) is 5.60. The molecule has 0 saturated carbocycles. The summed E-state index contributed by atoms with van der Waals surface area (Å²) in [6.07, 6.45) is 4.08. The standard InChI is InChI=1S/C26H26N6O/c27-18-21-3-5-22(6-4-21)26(33)32-15-13-31(14-16-32)20-24-17-25(8-7-23(24)19-28)29-9-12-30-10-1-2-11-30/h1-8,10-11,17,29H,9,12-16,20H2. The number of nitrogens with one attached hydrogen (secondary N) is 1. The Morgan fingerprint density at radius 3 is 2.33 bits per heavy atom. The molecule has 1 amide bonds.